The summed E-state index contributed by atoms with van der Waals surface area (Å²) in [7, 11) is 0. The number of benzene rings is 3. The highest BCUT2D eigenvalue weighted by Crippen LogP contribution is 2.38. The van der Waals surface area contributed by atoms with Gasteiger partial charge in [-0.1, -0.05) is 48.0 Å². The number of amides is 1. The van der Waals surface area contributed by atoms with Gasteiger partial charge in [0, 0.05) is 31.5 Å². The molecular weight excluding hydrogens is 469 g/mol. The Bertz CT molecular complexity index is 1230. The van der Waals surface area contributed by atoms with Gasteiger partial charge in [0.15, 0.2) is 0 Å². The van der Waals surface area contributed by atoms with E-state index in [1.54, 1.807) is 23.1 Å². The van der Waals surface area contributed by atoms with E-state index >= 15 is 0 Å². The minimum atomic E-state index is -0.945. The first-order chi connectivity index (χ1) is 16.7. The number of hydrogen-bond acceptors (Lipinski definition) is 3. The van der Waals surface area contributed by atoms with Crippen LogP contribution in [0.4, 0.5) is 4.39 Å². The van der Waals surface area contributed by atoms with Crippen molar-refractivity contribution < 1.29 is 23.8 Å². The lowest BCUT2D eigenvalue weighted by Gasteiger charge is -2.24. The molecular formula is C28H27ClFNO4. The minimum absolute atomic E-state index is 0.0809. The summed E-state index contributed by atoms with van der Waals surface area (Å²) in [5.41, 5.74) is 2.67. The number of hydrogen-bond donors (Lipinski definition) is 1. The maximum atomic E-state index is 13.9. The third-order valence-corrected chi connectivity index (χ3v) is 6.49. The van der Waals surface area contributed by atoms with Gasteiger partial charge >= 0.3 is 5.97 Å². The molecule has 1 heterocycles. The second-order valence-corrected chi connectivity index (χ2v) is 9.56. The van der Waals surface area contributed by atoms with Crippen LogP contribution in [0.2, 0.25) is 5.02 Å². The quantitative estimate of drug-likeness (QED) is 0.421. The zero-order chi connectivity index (χ0) is 25.0. The number of carbonyl (C=O) groups excluding carboxylic acids is 1. The highest BCUT2D eigenvalue weighted by molar-refractivity contribution is 6.30. The van der Waals surface area contributed by atoms with Gasteiger partial charge in [0.2, 0.25) is 0 Å². The largest absolute Gasteiger partial charge is 0.487 e. The summed E-state index contributed by atoms with van der Waals surface area (Å²) in [4.78, 5) is 26.1. The van der Waals surface area contributed by atoms with Crippen LogP contribution in [0.3, 0.4) is 0 Å². The third kappa shape index (κ3) is 6.20. The van der Waals surface area contributed by atoms with Crippen LogP contribution >= 0.6 is 11.6 Å². The molecule has 1 aliphatic rings. The van der Waals surface area contributed by atoms with Gasteiger partial charge in [-0.15, -0.1) is 0 Å². The first kappa shape index (κ1) is 24.7. The average Bonchev–Trinajstić information content (AvgIpc) is 3.16. The van der Waals surface area contributed by atoms with Gasteiger partial charge < -0.3 is 14.7 Å². The van der Waals surface area contributed by atoms with E-state index < -0.39 is 17.4 Å². The van der Waals surface area contributed by atoms with Gasteiger partial charge in [-0.3, -0.25) is 9.59 Å². The lowest BCUT2D eigenvalue weighted by Crippen LogP contribution is -2.35. The molecule has 0 saturated heterocycles. The van der Waals surface area contributed by atoms with Crippen molar-refractivity contribution in [3.63, 3.8) is 0 Å². The Balaban J connectivity index is 1.48. The van der Waals surface area contributed by atoms with Crippen molar-refractivity contribution in [1.82, 2.24) is 4.90 Å². The molecule has 0 unspecified atom stereocenters. The molecule has 7 heteroatoms. The van der Waals surface area contributed by atoms with E-state index in [2.05, 4.69) is 0 Å². The standard InChI is InChI=1S/C28H27ClFNO4/c1-28(17-20-7-9-23(29)24(30)15-20)18-22-16-21(8-10-25(22)35-28)27(34)31(14-12-26(32)33)13-11-19-5-3-2-4-6-19/h2-10,15-16H,11-14,17-18H2,1H3,(H,32,33)/t28-/m1/s1. The van der Waals surface area contributed by atoms with Gasteiger partial charge in [0.25, 0.3) is 5.91 Å². The van der Waals surface area contributed by atoms with Crippen molar-refractivity contribution in [3.8, 4) is 5.75 Å². The van der Waals surface area contributed by atoms with E-state index in [1.165, 1.54) is 12.1 Å². The predicted molar refractivity (Wildman–Crippen MR) is 133 cm³/mol. The molecule has 0 saturated carbocycles. The number of nitrogens with zero attached hydrogens (tertiary/aromatic N) is 1. The molecule has 0 bridgehead atoms. The number of carbonyl (C=O) groups is 2. The zero-order valence-corrected chi connectivity index (χ0v) is 20.2. The summed E-state index contributed by atoms with van der Waals surface area (Å²) in [6.45, 7) is 2.51. The Morgan fingerprint density at radius 2 is 1.83 bits per heavy atom. The molecule has 4 rings (SSSR count). The predicted octanol–water partition coefficient (Wildman–Crippen LogP) is 5.58. The molecule has 0 spiro atoms. The molecule has 3 aromatic carbocycles. The number of halogens is 2. The van der Waals surface area contributed by atoms with Crippen LogP contribution < -0.4 is 4.74 Å². The first-order valence-corrected chi connectivity index (χ1v) is 11.9. The van der Waals surface area contributed by atoms with E-state index in [1.807, 2.05) is 43.3 Å². The van der Waals surface area contributed by atoms with Gasteiger partial charge in [-0.05, 0) is 60.4 Å². The molecule has 1 N–H and O–H groups in total. The summed E-state index contributed by atoms with van der Waals surface area (Å²) < 4.78 is 20.1. The van der Waals surface area contributed by atoms with Crippen LogP contribution in [-0.2, 0) is 24.1 Å². The van der Waals surface area contributed by atoms with Crippen LogP contribution in [-0.4, -0.2) is 40.6 Å². The van der Waals surface area contributed by atoms with Crippen LogP contribution in [0.25, 0.3) is 0 Å². The highest BCUT2D eigenvalue weighted by atomic mass is 35.5. The van der Waals surface area contributed by atoms with E-state index in [9.17, 15) is 14.0 Å². The van der Waals surface area contributed by atoms with E-state index in [0.717, 1.165) is 16.7 Å². The van der Waals surface area contributed by atoms with Crippen molar-refractivity contribution in [2.75, 3.05) is 13.1 Å². The first-order valence-electron chi connectivity index (χ1n) is 11.5. The van der Waals surface area contributed by atoms with Crippen molar-refractivity contribution >= 4 is 23.5 Å². The summed E-state index contributed by atoms with van der Waals surface area (Å²) in [6, 6.07) is 19.8. The van der Waals surface area contributed by atoms with Crippen LogP contribution in [0, 0.1) is 5.82 Å². The number of fused-ring (bicyclic) bond motifs is 1. The van der Waals surface area contributed by atoms with E-state index in [0.29, 0.717) is 37.1 Å². The molecule has 1 aliphatic heterocycles. The Labute approximate surface area is 209 Å². The topological polar surface area (TPSA) is 66.8 Å². The second kappa shape index (κ2) is 10.5. The molecule has 1 atom stereocenters. The van der Waals surface area contributed by atoms with Gasteiger partial charge in [0.1, 0.15) is 17.2 Å². The Morgan fingerprint density at radius 3 is 2.54 bits per heavy atom. The Kier molecular flexibility index (Phi) is 7.41. The monoisotopic (exact) mass is 495 g/mol. The molecule has 0 aliphatic carbocycles. The van der Waals surface area contributed by atoms with Gasteiger partial charge in [-0.25, -0.2) is 4.39 Å². The van der Waals surface area contributed by atoms with Crippen molar-refractivity contribution in [3.05, 3.63) is 99.8 Å². The lowest BCUT2D eigenvalue weighted by atomic mass is 9.91. The minimum Gasteiger partial charge on any atom is -0.487 e. The summed E-state index contributed by atoms with van der Waals surface area (Å²) in [6.07, 6.45) is 1.56. The number of ether oxygens (including phenoxy) is 1. The molecule has 182 valence electrons. The highest BCUT2D eigenvalue weighted by Gasteiger charge is 2.35. The van der Waals surface area contributed by atoms with Crippen molar-refractivity contribution in [2.45, 2.75) is 38.2 Å². The maximum absolute atomic E-state index is 13.9. The normalized spacial score (nSPS) is 16.4. The number of carboxylic acids is 1. The third-order valence-electron chi connectivity index (χ3n) is 6.19. The molecule has 0 aromatic heterocycles. The van der Waals surface area contributed by atoms with Crippen LogP contribution in [0.5, 0.6) is 5.75 Å². The van der Waals surface area contributed by atoms with Crippen LogP contribution in [0.1, 0.15) is 40.4 Å². The lowest BCUT2D eigenvalue weighted by molar-refractivity contribution is -0.137. The zero-order valence-electron chi connectivity index (χ0n) is 19.5. The molecule has 3 aromatic rings. The van der Waals surface area contributed by atoms with Gasteiger partial charge in [-0.2, -0.15) is 0 Å². The molecule has 5 nitrogen and oxygen atoms in total. The fourth-order valence-electron chi connectivity index (χ4n) is 4.47. The Morgan fingerprint density at radius 1 is 1.06 bits per heavy atom. The summed E-state index contributed by atoms with van der Waals surface area (Å²) >= 11 is 5.80. The molecule has 0 fully saturated rings. The molecule has 1 amide bonds. The average molecular weight is 496 g/mol. The number of aliphatic carboxylic acids is 1. The summed E-state index contributed by atoms with van der Waals surface area (Å²) in [5.74, 6) is -0.925. The smallest absolute Gasteiger partial charge is 0.305 e. The Hall–Kier alpha value is -3.38. The maximum Gasteiger partial charge on any atom is 0.305 e. The fraction of sp³-hybridized carbons (Fsp3) is 0.286. The van der Waals surface area contributed by atoms with E-state index in [-0.39, 0.29) is 23.9 Å². The molecule has 0 radical (unpaired) electrons. The van der Waals surface area contributed by atoms with E-state index in [4.69, 9.17) is 21.4 Å². The number of carboxylic acid groups (broad SMARTS) is 1. The van der Waals surface area contributed by atoms with Crippen molar-refractivity contribution in [1.29, 1.82) is 0 Å². The fourth-order valence-corrected chi connectivity index (χ4v) is 4.59. The molecule has 35 heavy (non-hydrogen) atoms. The number of rotatable bonds is 9. The van der Waals surface area contributed by atoms with Gasteiger partial charge in [0.05, 0.1) is 11.4 Å². The summed E-state index contributed by atoms with van der Waals surface area (Å²) in [5, 5.41) is 9.23. The van der Waals surface area contributed by atoms with Crippen molar-refractivity contribution in [2.24, 2.45) is 0 Å². The second-order valence-electron chi connectivity index (χ2n) is 9.15. The van der Waals surface area contributed by atoms with Crippen LogP contribution in [0.15, 0.2) is 66.7 Å². The SMILES string of the molecule is C[C@@]1(Cc2ccc(Cl)c(F)c2)Cc2cc(C(=O)N(CCC(=O)O)CCc3ccccc3)ccc2O1.